The van der Waals surface area contributed by atoms with Gasteiger partial charge < -0.3 is 60.2 Å². The van der Waals surface area contributed by atoms with E-state index in [1.807, 2.05) is 109 Å². The van der Waals surface area contributed by atoms with Gasteiger partial charge in [-0.15, -0.1) is 29.3 Å². The Bertz CT molecular complexity index is 4930. The van der Waals surface area contributed by atoms with E-state index in [0.717, 1.165) is 22.5 Å². The minimum Gasteiger partial charge on any atom is -0.496 e. The summed E-state index contributed by atoms with van der Waals surface area (Å²) >= 11 is 2.95. The number of aliphatic carboxylic acids is 2. The van der Waals surface area contributed by atoms with Gasteiger partial charge in [0.15, 0.2) is 0 Å². The largest absolute Gasteiger partial charge is 0.496 e. The van der Waals surface area contributed by atoms with Crippen molar-refractivity contribution in [1.29, 1.82) is 0 Å². The number of aromatic nitrogens is 4. The third-order valence-corrected chi connectivity index (χ3v) is 22.8. The monoisotopic (exact) mass is 1540 g/mol. The Balaban J connectivity index is 0.000000218. The van der Waals surface area contributed by atoms with E-state index in [9.17, 15) is 59.2 Å². The number of carbonyl (C=O) groups is 6. The van der Waals surface area contributed by atoms with E-state index < -0.39 is 110 Å². The van der Waals surface area contributed by atoms with Crippen molar-refractivity contribution < 1.29 is 67.8 Å². The van der Waals surface area contributed by atoms with Gasteiger partial charge in [0, 0.05) is 75.7 Å². The van der Waals surface area contributed by atoms with Crippen LogP contribution in [0.2, 0.25) is 0 Å². The molecule has 4 amide bonds. The molecule has 582 valence electrons. The zero-order chi connectivity index (χ0) is 80.0. The van der Waals surface area contributed by atoms with E-state index in [0.29, 0.717) is 79.0 Å². The summed E-state index contributed by atoms with van der Waals surface area (Å²) < 4.78 is 24.7. The molecule has 2 aliphatic heterocycles. The SMILES string of the molecule is C=C[C@@H]1C[C@]1(NC(=O)[C@@H]1C[C@@H](Oc2cc(-c3nc(C(C)C)cs3)nc3c(C)c(OC)ccc23)CN1C(=O)[C@@H](Nc1ccccc1[N+](=O)[O-])C(C)(C)C)C(=O)O.CC[C@@H]1C[C@]1(NC(=O)[C@@H]1C[C@@H](Oc2cc(-c3nc(C(C)C)cs3)nc3c(C)c(OC)ccc23)CN1C(=O)[C@@H](Nc1ccccc1[N+](=O)[O-])C(C)(C)C)C(=O)O. The number of likely N-dealkylation sites (tertiary alicyclic amines) is 2. The molecular weight excluding hydrogens is 1450 g/mol. The van der Waals surface area contributed by atoms with Crippen LogP contribution < -0.4 is 40.2 Å². The van der Waals surface area contributed by atoms with Crippen LogP contribution in [0, 0.1) is 56.7 Å². The summed E-state index contributed by atoms with van der Waals surface area (Å²) in [7, 11) is 3.18. The molecule has 2 saturated carbocycles. The van der Waals surface area contributed by atoms with Crippen molar-refractivity contribution in [3.8, 4) is 44.4 Å². The van der Waals surface area contributed by atoms with E-state index in [4.69, 9.17) is 38.9 Å². The first kappa shape index (κ1) is 80.1. The number of carboxylic acids is 2. The third-order valence-electron chi connectivity index (χ3n) is 21.1. The van der Waals surface area contributed by atoms with E-state index >= 15 is 0 Å². The first-order chi connectivity index (χ1) is 52.0. The summed E-state index contributed by atoms with van der Waals surface area (Å²) in [4.78, 5) is 128. The van der Waals surface area contributed by atoms with Crippen molar-refractivity contribution in [1.82, 2.24) is 40.4 Å². The number of nitrogens with one attached hydrogen (secondary N) is 4. The number of hydrogen-bond acceptors (Lipinski definition) is 22. The van der Waals surface area contributed by atoms with Crippen molar-refractivity contribution in [2.24, 2.45) is 22.7 Å². The molecule has 28 nitrogen and oxygen atoms in total. The van der Waals surface area contributed by atoms with Gasteiger partial charge in [-0.05, 0) is 91.7 Å². The molecule has 4 aliphatic rings. The lowest BCUT2D eigenvalue weighted by Gasteiger charge is -2.36. The number of para-hydroxylation sites is 4. The van der Waals surface area contributed by atoms with E-state index in [1.54, 1.807) is 32.4 Å². The number of nitro benzene ring substituents is 2. The number of nitro groups is 2. The molecule has 4 fully saturated rings. The molecule has 0 radical (unpaired) electrons. The molecule has 110 heavy (non-hydrogen) atoms. The second-order valence-corrected chi connectivity index (χ2v) is 33.1. The molecule has 2 aliphatic carbocycles. The summed E-state index contributed by atoms with van der Waals surface area (Å²) in [6.45, 7) is 28.6. The zero-order valence-corrected chi connectivity index (χ0v) is 65.9. The van der Waals surface area contributed by atoms with Crippen LogP contribution in [0.25, 0.3) is 43.2 Å². The number of amides is 4. The number of thiazole rings is 2. The third kappa shape index (κ3) is 16.2. The number of carbonyl (C=O) groups excluding carboxylic acids is 4. The number of ether oxygens (including phenoxy) is 4. The van der Waals surface area contributed by atoms with E-state index in [-0.39, 0.29) is 72.9 Å². The summed E-state index contributed by atoms with van der Waals surface area (Å²) in [5.74, 6) is -2.57. The first-order valence-electron chi connectivity index (χ1n) is 36.5. The Labute approximate surface area is 645 Å². The Morgan fingerprint density at radius 1 is 0.618 bits per heavy atom. The predicted molar refractivity (Wildman–Crippen MR) is 419 cm³/mol. The fourth-order valence-electron chi connectivity index (χ4n) is 14.4. The number of anilines is 2. The molecule has 0 spiro atoms. The van der Waals surface area contributed by atoms with Gasteiger partial charge in [0.05, 0.1) is 59.6 Å². The van der Waals surface area contributed by atoms with Gasteiger partial charge in [-0.3, -0.25) is 39.4 Å². The molecule has 6 N–H and O–H groups in total. The summed E-state index contributed by atoms with van der Waals surface area (Å²) in [6.07, 6.45) is 1.22. The maximum Gasteiger partial charge on any atom is 0.330 e. The lowest BCUT2D eigenvalue weighted by molar-refractivity contribution is -0.384. The van der Waals surface area contributed by atoms with Crippen LogP contribution in [0.5, 0.6) is 23.0 Å². The predicted octanol–water partition coefficient (Wildman–Crippen LogP) is 13.7. The minimum absolute atomic E-state index is 0.0115. The number of hydrogen-bond donors (Lipinski definition) is 6. The highest BCUT2D eigenvalue weighted by Gasteiger charge is 2.63. The molecular formula is C80H94N12O16S2. The van der Waals surface area contributed by atoms with Gasteiger partial charge in [0.25, 0.3) is 11.4 Å². The maximum atomic E-state index is 14.8. The van der Waals surface area contributed by atoms with Gasteiger partial charge >= 0.3 is 11.9 Å². The zero-order valence-electron chi connectivity index (χ0n) is 64.2. The number of carboxylic acid groups (broad SMARTS) is 2. The van der Waals surface area contributed by atoms with Crippen molar-refractivity contribution in [2.45, 2.75) is 181 Å². The average Bonchev–Trinajstić information content (AvgIpc) is 1.57. The van der Waals surface area contributed by atoms with Gasteiger partial charge in [0.1, 0.15) is 103 Å². The quantitative estimate of drug-likeness (QED) is 0.0167. The second kappa shape index (κ2) is 31.6. The highest BCUT2D eigenvalue weighted by atomic mass is 32.1. The minimum atomic E-state index is -1.53. The van der Waals surface area contributed by atoms with E-state index in [1.165, 1.54) is 68.9 Å². The topological polar surface area (TPSA) is 372 Å². The molecule has 4 aromatic heterocycles. The summed E-state index contributed by atoms with van der Waals surface area (Å²) in [5, 5.41) is 62.6. The van der Waals surface area contributed by atoms with Crippen LogP contribution >= 0.6 is 22.7 Å². The van der Waals surface area contributed by atoms with E-state index in [2.05, 4.69) is 55.5 Å². The molecule has 2 saturated heterocycles. The normalized spacial score (nSPS) is 21.3. The van der Waals surface area contributed by atoms with Crippen molar-refractivity contribution >= 4 is 103 Å². The molecule has 8 aromatic rings. The molecule has 0 unspecified atom stereocenters. The first-order valence-corrected chi connectivity index (χ1v) is 38.3. The van der Waals surface area contributed by atoms with Crippen LogP contribution in [0.15, 0.2) is 108 Å². The molecule has 10 atom stereocenters. The van der Waals surface area contributed by atoms with Crippen molar-refractivity contribution in [2.75, 3.05) is 37.9 Å². The number of methoxy groups -OCH3 is 2. The molecule has 30 heteroatoms. The van der Waals surface area contributed by atoms with Crippen LogP contribution in [-0.4, -0.2) is 160 Å². The Morgan fingerprint density at radius 2 is 1.02 bits per heavy atom. The lowest BCUT2D eigenvalue weighted by atomic mass is 9.85. The summed E-state index contributed by atoms with van der Waals surface area (Å²) in [5.41, 5.74) is 1.33. The second-order valence-electron chi connectivity index (χ2n) is 31.3. The van der Waals surface area contributed by atoms with Crippen molar-refractivity contribution in [3.05, 3.63) is 151 Å². The molecule has 4 aromatic carbocycles. The molecule has 6 heterocycles. The fourth-order valence-corrected chi connectivity index (χ4v) is 16.3. The van der Waals surface area contributed by atoms with Crippen LogP contribution in [0.3, 0.4) is 0 Å². The Morgan fingerprint density at radius 3 is 1.35 bits per heavy atom. The van der Waals surface area contributed by atoms with Crippen molar-refractivity contribution in [3.63, 3.8) is 0 Å². The highest BCUT2D eigenvalue weighted by Crippen LogP contribution is 2.48. The van der Waals surface area contributed by atoms with Gasteiger partial charge in [-0.2, -0.15) is 0 Å². The maximum absolute atomic E-state index is 14.8. The Kier molecular flexibility index (Phi) is 23.0. The van der Waals surface area contributed by atoms with Gasteiger partial charge in [-0.1, -0.05) is 113 Å². The van der Waals surface area contributed by atoms with Gasteiger partial charge in [-0.25, -0.2) is 29.5 Å². The Hall–Kier alpha value is -10.9. The average molecular weight is 1540 g/mol. The standard InChI is InChI=1S/C40H48N6O8S.C40H46N6O8S/c2*1-9-23-18-40(23,38(49)50)44-35(47)30-16-24(19-45(30)37(48)34(39(5,6)7)42-26-12-10-11-13-29(26)46(51)52)54-32-17-27(36-43-28(20-55-36)21(2)3)41-33-22(4)31(53-8)15-14-25(32)33/h10-15,17,20-21,23-24,30,34,42H,9,16,18-19H2,1-8H3,(H,44,47)(H,49,50);9-15,17,20-21,23-24,30,34,42H,1,16,18-19H2,2-8H3,(H,44,47)(H,49,50)/t2*23-,24-,30+,34-,40-/m11/s1. The lowest BCUT2D eigenvalue weighted by Crippen LogP contribution is -2.56. The highest BCUT2D eigenvalue weighted by molar-refractivity contribution is 7.13. The smallest absolute Gasteiger partial charge is 0.330 e. The number of aryl methyl sites for hydroxylation is 2. The number of benzene rings is 4. The van der Waals surface area contributed by atoms with Crippen LogP contribution in [0.1, 0.15) is 143 Å². The number of fused-ring (bicyclic) bond motifs is 2. The summed E-state index contributed by atoms with van der Waals surface area (Å²) in [6, 6.07) is 18.9. The number of nitrogens with zero attached hydrogens (tertiary/aromatic N) is 8. The van der Waals surface area contributed by atoms with Gasteiger partial charge in [0.2, 0.25) is 23.6 Å². The molecule has 12 rings (SSSR count). The fraction of sp³-hybridized carbons (Fsp3) is 0.450. The molecule has 0 bridgehead atoms. The number of rotatable bonds is 26. The van der Waals surface area contributed by atoms with Crippen LogP contribution in [0.4, 0.5) is 22.7 Å². The van der Waals surface area contributed by atoms with Crippen LogP contribution in [-0.2, 0) is 28.8 Å². The number of pyridine rings is 2.